The molecule has 6 nitrogen and oxygen atoms in total. The normalized spacial score (nSPS) is 11.2. The summed E-state index contributed by atoms with van der Waals surface area (Å²) in [6, 6.07) is 17.6. The van der Waals surface area contributed by atoms with Gasteiger partial charge in [-0.15, -0.1) is 0 Å². The number of pyridine rings is 1. The number of nitrogens with one attached hydrogen (secondary N) is 3. The van der Waals surface area contributed by atoms with Gasteiger partial charge in [0.25, 0.3) is 0 Å². The van der Waals surface area contributed by atoms with E-state index in [9.17, 15) is 4.79 Å². The fraction of sp³-hybridized carbons (Fsp3) is 0.0833. The van der Waals surface area contributed by atoms with Crippen LogP contribution in [0.4, 0.5) is 16.2 Å². The van der Waals surface area contributed by atoms with E-state index >= 15 is 0 Å². The van der Waals surface area contributed by atoms with Crippen LogP contribution in [0.2, 0.25) is 0 Å². The Labute approximate surface area is 187 Å². The van der Waals surface area contributed by atoms with E-state index in [0.29, 0.717) is 6.54 Å². The summed E-state index contributed by atoms with van der Waals surface area (Å²) in [7, 11) is 0. The molecule has 31 heavy (non-hydrogen) atoms. The fourth-order valence-electron chi connectivity index (χ4n) is 3.82. The zero-order chi connectivity index (χ0) is 21.4. The van der Waals surface area contributed by atoms with E-state index in [1.54, 1.807) is 0 Å². The number of aromatic nitrogens is 3. The maximum absolute atomic E-state index is 12.6. The number of H-pyrrole nitrogens is 1. The van der Waals surface area contributed by atoms with Gasteiger partial charge in [-0.2, -0.15) is 0 Å². The summed E-state index contributed by atoms with van der Waals surface area (Å²) in [6.45, 7) is 2.70. The summed E-state index contributed by atoms with van der Waals surface area (Å²) in [5.74, 6) is 0. The molecule has 5 rings (SSSR count). The molecule has 154 valence electrons. The van der Waals surface area contributed by atoms with Crippen molar-refractivity contribution in [1.29, 1.82) is 0 Å². The molecule has 3 aromatic heterocycles. The Hall–Kier alpha value is -3.58. The van der Waals surface area contributed by atoms with Gasteiger partial charge in [0.2, 0.25) is 0 Å². The predicted octanol–water partition coefficient (Wildman–Crippen LogP) is 6.28. The molecule has 0 atom stereocenters. The van der Waals surface area contributed by atoms with Crippen molar-refractivity contribution >= 4 is 55.3 Å². The van der Waals surface area contributed by atoms with Gasteiger partial charge in [-0.05, 0) is 76.4 Å². The lowest BCUT2D eigenvalue weighted by Gasteiger charge is -2.12. The zero-order valence-corrected chi connectivity index (χ0v) is 18.4. The number of nitrogens with zero attached hydrogens (tertiary/aromatic N) is 2. The molecule has 0 aliphatic carbocycles. The van der Waals surface area contributed by atoms with E-state index < -0.39 is 0 Å². The van der Waals surface area contributed by atoms with E-state index in [-0.39, 0.29) is 6.03 Å². The Morgan fingerprint density at radius 2 is 1.94 bits per heavy atom. The van der Waals surface area contributed by atoms with Gasteiger partial charge in [-0.25, -0.2) is 9.78 Å². The highest BCUT2D eigenvalue weighted by Crippen LogP contribution is 2.28. The lowest BCUT2D eigenvalue weighted by Crippen LogP contribution is -2.19. The van der Waals surface area contributed by atoms with Crippen LogP contribution in [0.25, 0.3) is 21.9 Å². The number of halogens is 1. The molecule has 5 aromatic rings. The second-order valence-electron chi connectivity index (χ2n) is 7.45. The Bertz CT molecular complexity index is 1420. The SMILES string of the molecule is Cc1ccc(Br)c(NC(=O)Nc2cccc3c2ccn3Cc2ccnc3[nH]ccc23)c1. The summed E-state index contributed by atoms with van der Waals surface area (Å²) < 4.78 is 3.02. The topological polar surface area (TPSA) is 74.7 Å². The second-order valence-corrected chi connectivity index (χ2v) is 8.31. The summed E-state index contributed by atoms with van der Waals surface area (Å²) in [5.41, 5.74) is 5.69. The minimum Gasteiger partial charge on any atom is -0.346 e. The molecular formula is C24H20BrN5O. The van der Waals surface area contributed by atoms with Crippen LogP contribution in [0.5, 0.6) is 0 Å². The van der Waals surface area contributed by atoms with Crippen LogP contribution in [-0.2, 0) is 6.54 Å². The van der Waals surface area contributed by atoms with Crippen LogP contribution in [0.1, 0.15) is 11.1 Å². The van der Waals surface area contributed by atoms with Crippen molar-refractivity contribution < 1.29 is 4.79 Å². The van der Waals surface area contributed by atoms with Crippen LogP contribution in [0.3, 0.4) is 0 Å². The van der Waals surface area contributed by atoms with Crippen LogP contribution in [-0.4, -0.2) is 20.6 Å². The van der Waals surface area contributed by atoms with Gasteiger partial charge in [0.1, 0.15) is 5.65 Å². The number of carbonyl (C=O) groups excluding carboxylic acids is 1. The summed E-state index contributed by atoms with van der Waals surface area (Å²) in [4.78, 5) is 20.2. The van der Waals surface area contributed by atoms with Gasteiger partial charge in [-0.1, -0.05) is 12.1 Å². The van der Waals surface area contributed by atoms with Crippen molar-refractivity contribution in [2.24, 2.45) is 0 Å². The highest BCUT2D eigenvalue weighted by Gasteiger charge is 2.11. The molecular weight excluding hydrogens is 454 g/mol. The minimum absolute atomic E-state index is 0.283. The maximum Gasteiger partial charge on any atom is 0.323 e. The van der Waals surface area contributed by atoms with Crippen LogP contribution in [0, 0.1) is 6.92 Å². The Kier molecular flexibility index (Phi) is 4.95. The molecule has 0 saturated heterocycles. The van der Waals surface area contributed by atoms with Gasteiger partial charge in [0.05, 0.1) is 16.9 Å². The Morgan fingerprint density at radius 1 is 1.06 bits per heavy atom. The number of hydrogen-bond acceptors (Lipinski definition) is 2. The monoisotopic (exact) mass is 473 g/mol. The Morgan fingerprint density at radius 3 is 2.84 bits per heavy atom. The van der Waals surface area contributed by atoms with Crippen LogP contribution < -0.4 is 10.6 Å². The summed E-state index contributed by atoms with van der Waals surface area (Å²) in [5, 5.41) is 8.00. The molecule has 0 fully saturated rings. The highest BCUT2D eigenvalue weighted by molar-refractivity contribution is 9.10. The summed E-state index contributed by atoms with van der Waals surface area (Å²) in [6.07, 6.45) is 5.77. The first kappa shape index (κ1) is 19.4. The van der Waals surface area contributed by atoms with Crippen molar-refractivity contribution in [3.8, 4) is 0 Å². The van der Waals surface area contributed by atoms with Gasteiger partial charge in [0, 0.05) is 40.4 Å². The molecule has 0 bridgehead atoms. The van der Waals surface area contributed by atoms with Crippen molar-refractivity contribution in [2.45, 2.75) is 13.5 Å². The number of rotatable bonds is 4. The zero-order valence-electron chi connectivity index (χ0n) is 16.8. The number of amides is 2. The van der Waals surface area contributed by atoms with E-state index in [1.807, 2.05) is 74.0 Å². The van der Waals surface area contributed by atoms with Gasteiger partial charge < -0.3 is 20.2 Å². The predicted molar refractivity (Wildman–Crippen MR) is 129 cm³/mol. The summed E-state index contributed by atoms with van der Waals surface area (Å²) >= 11 is 3.48. The second kappa shape index (κ2) is 7.92. The molecule has 0 aliphatic heterocycles. The number of benzene rings is 2. The van der Waals surface area contributed by atoms with Crippen LogP contribution >= 0.6 is 15.9 Å². The molecule has 7 heteroatoms. The largest absolute Gasteiger partial charge is 0.346 e. The van der Waals surface area contributed by atoms with Gasteiger partial charge >= 0.3 is 6.03 Å². The van der Waals surface area contributed by atoms with E-state index in [2.05, 4.69) is 47.2 Å². The molecule has 0 saturated carbocycles. The molecule has 2 aromatic carbocycles. The van der Waals surface area contributed by atoms with Crippen molar-refractivity contribution in [2.75, 3.05) is 10.6 Å². The number of fused-ring (bicyclic) bond motifs is 2. The number of aryl methyl sites for hydroxylation is 1. The average molecular weight is 474 g/mol. The molecule has 3 heterocycles. The van der Waals surface area contributed by atoms with Gasteiger partial charge in [0.15, 0.2) is 0 Å². The molecule has 0 spiro atoms. The van der Waals surface area contributed by atoms with E-state index in [4.69, 9.17) is 0 Å². The number of anilines is 2. The molecule has 0 aliphatic rings. The van der Waals surface area contributed by atoms with E-state index in [0.717, 1.165) is 43.3 Å². The van der Waals surface area contributed by atoms with Crippen molar-refractivity contribution in [1.82, 2.24) is 14.5 Å². The average Bonchev–Trinajstić information content (AvgIpc) is 3.39. The number of hydrogen-bond donors (Lipinski definition) is 3. The third-order valence-corrected chi connectivity index (χ3v) is 6.01. The van der Waals surface area contributed by atoms with Gasteiger partial charge in [-0.3, -0.25) is 0 Å². The standard InChI is InChI=1S/C24H20BrN5O/c1-15-5-6-19(25)21(13-15)29-24(31)28-20-3-2-4-22-18(20)9-12-30(22)14-16-7-10-26-23-17(16)8-11-27-23/h2-13H,14H2,1H3,(H,26,27)(H2,28,29,31). The third-order valence-electron chi connectivity index (χ3n) is 5.32. The minimum atomic E-state index is -0.283. The van der Waals surface area contributed by atoms with Crippen molar-refractivity contribution in [3.05, 3.63) is 88.8 Å². The molecule has 3 N–H and O–H groups in total. The third kappa shape index (κ3) is 3.80. The fourth-order valence-corrected chi connectivity index (χ4v) is 4.17. The maximum atomic E-state index is 12.6. The lowest BCUT2D eigenvalue weighted by atomic mass is 10.2. The molecule has 2 amide bonds. The first-order chi connectivity index (χ1) is 15.1. The number of carbonyl (C=O) groups is 1. The molecule has 0 unspecified atom stereocenters. The number of aromatic amines is 1. The Balaban J connectivity index is 1.41. The van der Waals surface area contributed by atoms with E-state index in [1.165, 1.54) is 5.56 Å². The van der Waals surface area contributed by atoms with Crippen LogP contribution in [0.15, 0.2) is 77.7 Å². The quantitative estimate of drug-likeness (QED) is 0.287. The highest BCUT2D eigenvalue weighted by atomic mass is 79.9. The first-order valence-corrected chi connectivity index (χ1v) is 10.7. The lowest BCUT2D eigenvalue weighted by molar-refractivity contribution is 0.262. The molecule has 0 radical (unpaired) electrons. The van der Waals surface area contributed by atoms with Crippen molar-refractivity contribution in [3.63, 3.8) is 0 Å². The number of urea groups is 1. The smallest absolute Gasteiger partial charge is 0.323 e. The first-order valence-electron chi connectivity index (χ1n) is 9.91.